The van der Waals surface area contributed by atoms with Gasteiger partial charge in [-0.3, -0.25) is 3.97 Å². The van der Waals surface area contributed by atoms with E-state index in [1.165, 1.54) is 0 Å². The molecule has 0 aliphatic carbocycles. The van der Waals surface area contributed by atoms with Gasteiger partial charge in [0.15, 0.2) is 0 Å². The summed E-state index contributed by atoms with van der Waals surface area (Å²) in [4.78, 5) is 12.7. The highest BCUT2D eigenvalue weighted by molar-refractivity contribution is 7.79. The van der Waals surface area contributed by atoms with Crippen LogP contribution in [0.15, 0.2) is 48.5 Å². The van der Waals surface area contributed by atoms with E-state index in [9.17, 15) is 0 Å². The van der Waals surface area contributed by atoms with Crippen LogP contribution in [-0.4, -0.2) is 18.9 Å². The fourth-order valence-corrected chi connectivity index (χ4v) is 3.26. The Morgan fingerprint density at radius 3 is 1.56 bits per heavy atom. The smallest absolute Gasteiger partial charge is 0.0658 e. The van der Waals surface area contributed by atoms with Crippen molar-refractivity contribution in [1.29, 1.82) is 0 Å². The van der Waals surface area contributed by atoms with Gasteiger partial charge >= 0.3 is 0 Å². The summed E-state index contributed by atoms with van der Waals surface area (Å²) in [7, 11) is 0. The quantitative estimate of drug-likeness (QED) is 0.396. The molecule has 25 heavy (non-hydrogen) atoms. The SMILES string of the molecule is Sn1c2ccc1cc1nc(cc3ccc(cc4nc(c2)C=C4)[nH]3)C=C1. The highest BCUT2D eigenvalue weighted by Gasteiger charge is 2.03. The minimum absolute atomic E-state index is 0.908. The Morgan fingerprint density at radius 1 is 0.640 bits per heavy atom. The van der Waals surface area contributed by atoms with Crippen molar-refractivity contribution < 1.29 is 0 Å². The fourth-order valence-electron chi connectivity index (χ4n) is 3.01. The largest absolute Gasteiger partial charge is 0.355 e. The summed E-state index contributed by atoms with van der Waals surface area (Å²) in [5.41, 5.74) is 7.64. The highest BCUT2D eigenvalue weighted by Crippen LogP contribution is 2.19. The number of thiol groups is 1. The van der Waals surface area contributed by atoms with Gasteiger partial charge in [-0.05, 0) is 72.8 Å². The molecule has 0 aromatic carbocycles. The van der Waals surface area contributed by atoms with Crippen LogP contribution in [0.5, 0.6) is 0 Å². The van der Waals surface area contributed by atoms with Gasteiger partial charge in [0.1, 0.15) is 0 Å². The van der Waals surface area contributed by atoms with Gasteiger partial charge in [-0.15, -0.1) is 0 Å². The first kappa shape index (κ1) is 14.3. The van der Waals surface area contributed by atoms with E-state index in [1.54, 1.807) is 0 Å². The van der Waals surface area contributed by atoms with E-state index in [-0.39, 0.29) is 0 Å². The molecule has 2 aliphatic heterocycles. The molecule has 8 bridgehead atoms. The van der Waals surface area contributed by atoms with E-state index in [2.05, 4.69) is 27.8 Å². The zero-order chi connectivity index (χ0) is 16.8. The van der Waals surface area contributed by atoms with Gasteiger partial charge in [-0.25, -0.2) is 9.97 Å². The summed E-state index contributed by atoms with van der Waals surface area (Å²) in [6.45, 7) is 0. The number of hydrogen-bond acceptors (Lipinski definition) is 3. The van der Waals surface area contributed by atoms with Crippen LogP contribution in [0.1, 0.15) is 22.8 Å². The maximum absolute atomic E-state index is 4.65. The van der Waals surface area contributed by atoms with E-state index < -0.39 is 0 Å². The molecule has 0 radical (unpaired) electrons. The maximum atomic E-state index is 4.65. The number of aromatic amines is 1. The molecule has 0 spiro atoms. The Bertz CT molecular complexity index is 1120. The number of hydrogen-bond donors (Lipinski definition) is 2. The second kappa shape index (κ2) is 5.50. The molecule has 4 nitrogen and oxygen atoms in total. The second-order valence-corrected chi connectivity index (χ2v) is 6.43. The Labute approximate surface area is 149 Å². The minimum atomic E-state index is 0.908. The van der Waals surface area contributed by atoms with Gasteiger partial charge in [0.25, 0.3) is 0 Å². The molecule has 1 N–H and O–H groups in total. The van der Waals surface area contributed by atoms with Crippen LogP contribution in [0.2, 0.25) is 0 Å². The van der Waals surface area contributed by atoms with Crippen molar-refractivity contribution in [3.05, 3.63) is 71.3 Å². The number of nitrogens with one attached hydrogen (secondary N) is 1. The number of rotatable bonds is 0. The third-order valence-corrected chi connectivity index (χ3v) is 4.67. The van der Waals surface area contributed by atoms with Crippen LogP contribution in [-0.2, 0) is 0 Å². The fraction of sp³-hybridized carbons (Fsp3) is 0. The molecule has 0 saturated carbocycles. The molecular weight excluding hydrogens is 328 g/mol. The Kier molecular flexibility index (Phi) is 3.15. The number of fused-ring (bicyclic) bond motifs is 8. The van der Waals surface area contributed by atoms with Crippen LogP contribution in [0.25, 0.3) is 46.4 Å². The topological polar surface area (TPSA) is 46.5 Å². The van der Waals surface area contributed by atoms with E-state index in [0.29, 0.717) is 0 Å². The van der Waals surface area contributed by atoms with Gasteiger partial charge in [0.2, 0.25) is 0 Å². The number of nitrogens with zero attached hydrogens (tertiary/aromatic N) is 3. The zero-order valence-corrected chi connectivity index (χ0v) is 14.1. The van der Waals surface area contributed by atoms with Crippen LogP contribution in [0.3, 0.4) is 0 Å². The van der Waals surface area contributed by atoms with Crippen LogP contribution >= 0.6 is 12.8 Å². The summed E-state index contributed by atoms with van der Waals surface area (Å²) in [5.74, 6) is 0. The Balaban J connectivity index is 1.88. The first-order valence-corrected chi connectivity index (χ1v) is 8.39. The van der Waals surface area contributed by atoms with Gasteiger partial charge in [0.05, 0.1) is 33.8 Å². The normalized spacial score (nSPS) is 12.7. The molecule has 5 heterocycles. The lowest BCUT2D eigenvalue weighted by Crippen LogP contribution is -1.80. The minimum Gasteiger partial charge on any atom is -0.355 e. The van der Waals surface area contributed by atoms with Crippen molar-refractivity contribution in [2.24, 2.45) is 0 Å². The molecule has 2 aliphatic rings. The first-order valence-electron chi connectivity index (χ1n) is 7.99. The summed E-state index contributed by atoms with van der Waals surface area (Å²) in [6, 6.07) is 16.2. The van der Waals surface area contributed by atoms with Crippen molar-refractivity contribution >= 4 is 59.2 Å². The molecule has 5 heteroatoms. The third kappa shape index (κ3) is 2.68. The average Bonchev–Trinajstić information content (AvgIpc) is 3.36. The monoisotopic (exact) mass is 342 g/mol. The summed E-state index contributed by atoms with van der Waals surface area (Å²) in [6.07, 6.45) is 8.04. The Morgan fingerprint density at radius 2 is 1.08 bits per heavy atom. The second-order valence-electron chi connectivity index (χ2n) is 6.03. The van der Waals surface area contributed by atoms with Crippen LogP contribution in [0.4, 0.5) is 0 Å². The van der Waals surface area contributed by atoms with E-state index in [0.717, 1.165) is 44.8 Å². The predicted octanol–water partition coefficient (Wildman–Crippen LogP) is 4.82. The van der Waals surface area contributed by atoms with Crippen molar-refractivity contribution in [3.8, 4) is 0 Å². The standard InChI is InChI=1S/C20H14N4S/c25-24-19-7-8-20(24)12-18-6-4-16(23-18)10-14-2-1-13(21-14)9-15-3-5-17(11-19)22-15/h1-12,21,25H. The van der Waals surface area contributed by atoms with Crippen molar-refractivity contribution in [1.82, 2.24) is 18.9 Å². The third-order valence-electron chi connectivity index (χ3n) is 4.21. The van der Waals surface area contributed by atoms with Crippen molar-refractivity contribution in [2.45, 2.75) is 0 Å². The lowest BCUT2D eigenvalue weighted by molar-refractivity contribution is 1.30. The molecule has 0 amide bonds. The van der Waals surface area contributed by atoms with Crippen molar-refractivity contribution in [3.63, 3.8) is 0 Å². The van der Waals surface area contributed by atoms with Crippen LogP contribution < -0.4 is 0 Å². The summed E-state index contributed by atoms with van der Waals surface area (Å²) >= 11 is 4.61. The van der Waals surface area contributed by atoms with E-state index >= 15 is 0 Å². The molecule has 0 unspecified atom stereocenters. The van der Waals surface area contributed by atoms with Gasteiger partial charge in [-0.2, -0.15) is 0 Å². The summed E-state index contributed by atoms with van der Waals surface area (Å²) < 4.78 is 1.85. The van der Waals surface area contributed by atoms with Gasteiger partial charge in [-0.1, -0.05) is 12.8 Å². The molecule has 3 aromatic heterocycles. The molecule has 120 valence electrons. The van der Waals surface area contributed by atoms with Gasteiger partial charge < -0.3 is 4.98 Å². The highest BCUT2D eigenvalue weighted by atomic mass is 32.1. The molecule has 0 atom stereocenters. The number of H-pyrrole nitrogens is 1. The molecule has 0 saturated heterocycles. The predicted molar refractivity (Wildman–Crippen MR) is 107 cm³/mol. The lowest BCUT2D eigenvalue weighted by Gasteiger charge is -1.94. The molecular formula is C20H14N4S. The first-order chi connectivity index (χ1) is 12.2. The average molecular weight is 342 g/mol. The molecule has 5 rings (SSSR count). The Hall–Kier alpha value is -3.05. The lowest BCUT2D eigenvalue weighted by atomic mass is 10.3. The molecule has 0 fully saturated rings. The maximum Gasteiger partial charge on any atom is 0.0658 e. The molecule has 3 aromatic rings. The summed E-state index contributed by atoms with van der Waals surface area (Å²) in [5, 5.41) is 0. The zero-order valence-electron chi connectivity index (χ0n) is 13.2. The van der Waals surface area contributed by atoms with E-state index in [1.807, 2.05) is 76.8 Å². The van der Waals surface area contributed by atoms with E-state index in [4.69, 9.17) is 0 Å². The van der Waals surface area contributed by atoms with Crippen molar-refractivity contribution in [2.75, 3.05) is 0 Å². The van der Waals surface area contributed by atoms with Gasteiger partial charge in [0, 0.05) is 11.0 Å². The number of aromatic nitrogens is 4. The van der Waals surface area contributed by atoms with Crippen LogP contribution in [0, 0.1) is 0 Å².